The molecular weight excluding hydrogens is 216 g/mol. The fourth-order valence-electron chi connectivity index (χ4n) is 2.03. The largest absolute Gasteiger partial charge is 0.491 e. The molecule has 0 amide bonds. The Morgan fingerprint density at radius 3 is 3.18 bits per heavy atom. The van der Waals surface area contributed by atoms with E-state index in [1.807, 2.05) is 25.2 Å². The van der Waals surface area contributed by atoms with Crippen LogP contribution in [0.25, 0.3) is 0 Å². The van der Waals surface area contributed by atoms with Crippen LogP contribution in [0.3, 0.4) is 0 Å². The van der Waals surface area contributed by atoms with Gasteiger partial charge in [-0.3, -0.25) is 10.00 Å². The Balaban J connectivity index is 1.70. The summed E-state index contributed by atoms with van der Waals surface area (Å²) >= 11 is 0. The molecule has 0 fully saturated rings. The number of benzene rings is 1. The predicted octanol–water partition coefficient (Wildman–Crippen LogP) is 1.04. The first-order valence-electron chi connectivity index (χ1n) is 5.62. The quantitative estimate of drug-likeness (QED) is 0.856. The number of ether oxygens (including phenoxy) is 1. The number of rotatable bonds is 3. The van der Waals surface area contributed by atoms with E-state index in [0.717, 1.165) is 11.6 Å². The maximum Gasteiger partial charge on any atom is 0.140 e. The van der Waals surface area contributed by atoms with Crippen molar-refractivity contribution in [3.8, 4) is 5.75 Å². The highest BCUT2D eigenvalue weighted by Crippen LogP contribution is 2.31. The number of nitrogens with one attached hydrogen (secondary N) is 1. The van der Waals surface area contributed by atoms with Crippen LogP contribution in [-0.2, 0) is 13.6 Å². The van der Waals surface area contributed by atoms with Crippen molar-refractivity contribution in [1.82, 2.24) is 20.1 Å². The van der Waals surface area contributed by atoms with Gasteiger partial charge in [-0.1, -0.05) is 18.2 Å². The molecule has 0 saturated carbocycles. The molecule has 5 heteroatoms. The predicted molar refractivity (Wildman–Crippen MR) is 62.5 cm³/mol. The van der Waals surface area contributed by atoms with Crippen LogP contribution in [-0.4, -0.2) is 21.4 Å². The molecular formula is C12H14N4O. The van der Waals surface area contributed by atoms with Gasteiger partial charge in [-0.2, -0.15) is 5.10 Å². The zero-order chi connectivity index (χ0) is 11.7. The van der Waals surface area contributed by atoms with E-state index in [2.05, 4.69) is 21.5 Å². The van der Waals surface area contributed by atoms with Gasteiger partial charge in [0, 0.05) is 12.6 Å². The third-order valence-electron chi connectivity index (χ3n) is 3.01. The van der Waals surface area contributed by atoms with Gasteiger partial charge in [0.15, 0.2) is 0 Å². The number of hydrogen-bond acceptors (Lipinski definition) is 4. The number of aryl methyl sites for hydroxylation is 1. The van der Waals surface area contributed by atoms with Crippen LogP contribution < -0.4 is 10.1 Å². The average Bonchev–Trinajstić information content (AvgIpc) is 2.93. The second kappa shape index (κ2) is 4.18. The minimum atomic E-state index is 0.239. The van der Waals surface area contributed by atoms with Crippen molar-refractivity contribution in [2.24, 2.45) is 7.05 Å². The van der Waals surface area contributed by atoms with E-state index >= 15 is 0 Å². The molecule has 0 aliphatic carbocycles. The second-order valence-electron chi connectivity index (χ2n) is 4.08. The SMILES string of the molecule is Cn1ncnc1CNC1COc2ccccc21. The number of fused-ring (bicyclic) bond motifs is 1. The molecule has 1 aromatic heterocycles. The van der Waals surface area contributed by atoms with Gasteiger partial charge in [0.1, 0.15) is 24.5 Å². The number of para-hydroxylation sites is 1. The Kier molecular flexibility index (Phi) is 2.53. The standard InChI is InChI=1S/C12H14N4O/c1-16-12(14-8-15-16)6-13-10-7-17-11-5-3-2-4-9(10)11/h2-5,8,10,13H,6-7H2,1H3. The summed E-state index contributed by atoms with van der Waals surface area (Å²) in [6.07, 6.45) is 1.57. The monoisotopic (exact) mass is 230 g/mol. The van der Waals surface area contributed by atoms with Crippen LogP contribution in [0, 0.1) is 0 Å². The van der Waals surface area contributed by atoms with Gasteiger partial charge in [0.2, 0.25) is 0 Å². The molecule has 0 saturated heterocycles. The molecule has 1 aromatic carbocycles. The fraction of sp³-hybridized carbons (Fsp3) is 0.333. The summed E-state index contributed by atoms with van der Waals surface area (Å²) < 4.78 is 7.38. The average molecular weight is 230 g/mol. The van der Waals surface area contributed by atoms with E-state index in [-0.39, 0.29) is 6.04 Å². The second-order valence-corrected chi connectivity index (χ2v) is 4.08. The summed E-state index contributed by atoms with van der Waals surface area (Å²) in [5, 5.41) is 7.47. The minimum Gasteiger partial charge on any atom is -0.491 e. The zero-order valence-corrected chi connectivity index (χ0v) is 9.63. The Hall–Kier alpha value is -1.88. The maximum atomic E-state index is 5.61. The number of hydrogen-bond donors (Lipinski definition) is 1. The Labute approximate surface area is 99.4 Å². The normalized spacial score (nSPS) is 17.8. The molecule has 5 nitrogen and oxygen atoms in total. The van der Waals surface area contributed by atoms with Gasteiger partial charge in [0.25, 0.3) is 0 Å². The van der Waals surface area contributed by atoms with Crippen molar-refractivity contribution in [1.29, 1.82) is 0 Å². The molecule has 1 aliphatic heterocycles. The number of aromatic nitrogens is 3. The van der Waals surface area contributed by atoms with Crippen LogP contribution in [0.15, 0.2) is 30.6 Å². The molecule has 2 heterocycles. The summed E-state index contributed by atoms with van der Waals surface area (Å²) in [5.41, 5.74) is 1.22. The van der Waals surface area contributed by atoms with Crippen molar-refractivity contribution in [3.05, 3.63) is 42.0 Å². The lowest BCUT2D eigenvalue weighted by atomic mass is 10.1. The Bertz CT molecular complexity index is 523. The van der Waals surface area contributed by atoms with Crippen LogP contribution in [0.1, 0.15) is 17.4 Å². The molecule has 0 radical (unpaired) electrons. The number of nitrogens with zero attached hydrogens (tertiary/aromatic N) is 3. The van der Waals surface area contributed by atoms with E-state index < -0.39 is 0 Å². The first-order valence-corrected chi connectivity index (χ1v) is 5.62. The van der Waals surface area contributed by atoms with Gasteiger partial charge < -0.3 is 4.74 Å². The lowest BCUT2D eigenvalue weighted by molar-refractivity contribution is 0.309. The zero-order valence-electron chi connectivity index (χ0n) is 9.63. The third kappa shape index (κ3) is 1.89. The maximum absolute atomic E-state index is 5.61. The first-order chi connectivity index (χ1) is 8.34. The molecule has 17 heavy (non-hydrogen) atoms. The highest BCUT2D eigenvalue weighted by Gasteiger charge is 2.23. The van der Waals surface area contributed by atoms with Gasteiger partial charge >= 0.3 is 0 Å². The lowest BCUT2D eigenvalue weighted by Gasteiger charge is -2.10. The van der Waals surface area contributed by atoms with Crippen molar-refractivity contribution < 1.29 is 4.74 Å². The minimum absolute atomic E-state index is 0.239. The molecule has 88 valence electrons. The summed E-state index contributed by atoms with van der Waals surface area (Å²) in [7, 11) is 1.89. The van der Waals surface area contributed by atoms with Gasteiger partial charge in [-0.25, -0.2) is 4.98 Å². The van der Waals surface area contributed by atoms with E-state index in [9.17, 15) is 0 Å². The van der Waals surface area contributed by atoms with E-state index in [0.29, 0.717) is 13.2 Å². The van der Waals surface area contributed by atoms with Gasteiger partial charge in [-0.15, -0.1) is 0 Å². The van der Waals surface area contributed by atoms with Crippen molar-refractivity contribution in [2.45, 2.75) is 12.6 Å². The van der Waals surface area contributed by atoms with E-state index in [1.165, 1.54) is 5.56 Å². The molecule has 1 unspecified atom stereocenters. The van der Waals surface area contributed by atoms with Crippen LogP contribution in [0.4, 0.5) is 0 Å². The molecule has 0 bridgehead atoms. The molecule has 3 rings (SSSR count). The van der Waals surface area contributed by atoms with Crippen LogP contribution in [0.5, 0.6) is 5.75 Å². The highest BCUT2D eigenvalue weighted by atomic mass is 16.5. The summed E-state index contributed by atoms with van der Waals surface area (Å²) in [6, 6.07) is 8.35. The van der Waals surface area contributed by atoms with Crippen molar-refractivity contribution in [2.75, 3.05) is 6.61 Å². The Morgan fingerprint density at radius 2 is 2.35 bits per heavy atom. The molecule has 1 atom stereocenters. The molecule has 1 aliphatic rings. The lowest BCUT2D eigenvalue weighted by Crippen LogP contribution is -2.23. The fourth-order valence-corrected chi connectivity index (χ4v) is 2.03. The summed E-state index contributed by atoms with van der Waals surface area (Å²) in [5.74, 6) is 1.90. The van der Waals surface area contributed by atoms with Crippen molar-refractivity contribution in [3.63, 3.8) is 0 Å². The van der Waals surface area contributed by atoms with Gasteiger partial charge in [0.05, 0.1) is 12.6 Å². The smallest absolute Gasteiger partial charge is 0.140 e. The van der Waals surface area contributed by atoms with Gasteiger partial charge in [-0.05, 0) is 6.07 Å². The molecule has 2 aromatic rings. The Morgan fingerprint density at radius 1 is 1.47 bits per heavy atom. The molecule has 1 N–H and O–H groups in total. The van der Waals surface area contributed by atoms with Crippen molar-refractivity contribution >= 4 is 0 Å². The van der Waals surface area contributed by atoms with E-state index in [1.54, 1.807) is 11.0 Å². The first kappa shape index (κ1) is 10.3. The van der Waals surface area contributed by atoms with Crippen LogP contribution in [0.2, 0.25) is 0 Å². The topological polar surface area (TPSA) is 52.0 Å². The highest BCUT2D eigenvalue weighted by molar-refractivity contribution is 5.39. The summed E-state index contributed by atoms with van der Waals surface area (Å²) in [6.45, 7) is 1.37. The molecule has 0 spiro atoms. The van der Waals surface area contributed by atoms with E-state index in [4.69, 9.17) is 4.74 Å². The summed E-state index contributed by atoms with van der Waals surface area (Å²) in [4.78, 5) is 4.18. The third-order valence-corrected chi connectivity index (χ3v) is 3.01. The van der Waals surface area contributed by atoms with Crippen LogP contribution >= 0.6 is 0 Å².